The van der Waals surface area contributed by atoms with Gasteiger partial charge < -0.3 is 10.2 Å². The third kappa shape index (κ3) is 2.91. The molecule has 0 amide bonds. The molecule has 1 fully saturated rings. The van der Waals surface area contributed by atoms with Gasteiger partial charge in [-0.25, -0.2) is 4.98 Å². The molecule has 1 unspecified atom stereocenters. The molecule has 0 bridgehead atoms. The number of aromatic nitrogens is 3. The fourth-order valence-corrected chi connectivity index (χ4v) is 2.28. The maximum atomic E-state index is 4.52. The molecule has 17 heavy (non-hydrogen) atoms. The monoisotopic (exact) mass is 235 g/mol. The molecule has 1 aliphatic heterocycles. The zero-order chi connectivity index (χ0) is 12.3. The normalized spacial score (nSPS) is 20.6. The molecule has 1 aromatic rings. The third-order valence-corrected chi connectivity index (χ3v) is 3.38. The van der Waals surface area contributed by atoms with E-state index >= 15 is 0 Å². The molecule has 0 aromatic carbocycles. The number of hydrogen-bond donors (Lipinski definition) is 1. The van der Waals surface area contributed by atoms with E-state index < -0.39 is 0 Å². The van der Waals surface area contributed by atoms with Crippen molar-refractivity contribution in [2.75, 3.05) is 31.6 Å². The summed E-state index contributed by atoms with van der Waals surface area (Å²) in [4.78, 5) is 6.78. The second kappa shape index (κ2) is 5.40. The molecule has 2 rings (SSSR count). The number of hydrogen-bond acceptors (Lipinski definition) is 5. The summed E-state index contributed by atoms with van der Waals surface area (Å²) in [6, 6.07) is 0. The molecule has 5 nitrogen and oxygen atoms in total. The smallest absolute Gasteiger partial charge is 0.245 e. The first kappa shape index (κ1) is 12.2. The second-order valence-corrected chi connectivity index (χ2v) is 4.79. The number of nitrogens with one attached hydrogen (secondary N) is 1. The van der Waals surface area contributed by atoms with Crippen LogP contribution in [0.4, 0.5) is 5.95 Å². The quantitative estimate of drug-likeness (QED) is 0.844. The van der Waals surface area contributed by atoms with E-state index in [4.69, 9.17) is 0 Å². The summed E-state index contributed by atoms with van der Waals surface area (Å²) in [5.41, 5.74) is 1.89. The molecule has 0 saturated carbocycles. The van der Waals surface area contributed by atoms with E-state index in [1.54, 1.807) is 0 Å². The highest BCUT2D eigenvalue weighted by Gasteiger charge is 2.21. The Morgan fingerprint density at radius 1 is 1.29 bits per heavy atom. The van der Waals surface area contributed by atoms with Crippen LogP contribution in [0.1, 0.15) is 24.2 Å². The van der Waals surface area contributed by atoms with Crippen molar-refractivity contribution in [3.05, 3.63) is 11.4 Å². The predicted octanol–water partition coefficient (Wildman–Crippen LogP) is 0.924. The Hall–Kier alpha value is -1.23. The highest BCUT2D eigenvalue weighted by Crippen LogP contribution is 2.19. The zero-order valence-corrected chi connectivity index (χ0v) is 10.9. The van der Waals surface area contributed by atoms with Crippen molar-refractivity contribution in [1.29, 1.82) is 0 Å². The lowest BCUT2D eigenvalue weighted by molar-refractivity contribution is 0.398. The molecule has 1 N–H and O–H groups in total. The SMILES string of the molecule is CNCC1CCCN(c2nnc(C)c(C)n2)C1. The Morgan fingerprint density at radius 2 is 2.12 bits per heavy atom. The van der Waals surface area contributed by atoms with Crippen LogP contribution < -0.4 is 10.2 Å². The van der Waals surface area contributed by atoms with Gasteiger partial charge in [-0.2, -0.15) is 5.10 Å². The average Bonchev–Trinajstić information content (AvgIpc) is 2.33. The van der Waals surface area contributed by atoms with Crippen LogP contribution in [0.15, 0.2) is 0 Å². The van der Waals surface area contributed by atoms with Gasteiger partial charge in [-0.05, 0) is 46.2 Å². The van der Waals surface area contributed by atoms with Crippen LogP contribution in [0.2, 0.25) is 0 Å². The molecular formula is C12H21N5. The fraction of sp³-hybridized carbons (Fsp3) is 0.750. The van der Waals surface area contributed by atoms with E-state index in [2.05, 4.69) is 25.4 Å². The molecule has 1 saturated heterocycles. The predicted molar refractivity (Wildman–Crippen MR) is 68.2 cm³/mol. The summed E-state index contributed by atoms with van der Waals surface area (Å²) in [6.45, 7) is 7.08. The minimum absolute atomic E-state index is 0.693. The topological polar surface area (TPSA) is 53.9 Å². The highest BCUT2D eigenvalue weighted by molar-refractivity contribution is 5.30. The van der Waals surface area contributed by atoms with Gasteiger partial charge in [0.1, 0.15) is 0 Å². The molecule has 0 radical (unpaired) electrons. The number of rotatable bonds is 3. The van der Waals surface area contributed by atoms with E-state index in [-0.39, 0.29) is 0 Å². The Bertz CT molecular complexity index is 377. The maximum Gasteiger partial charge on any atom is 0.245 e. The van der Waals surface area contributed by atoms with E-state index in [9.17, 15) is 0 Å². The van der Waals surface area contributed by atoms with Crippen molar-refractivity contribution in [2.45, 2.75) is 26.7 Å². The van der Waals surface area contributed by atoms with Crippen LogP contribution in [0.5, 0.6) is 0 Å². The van der Waals surface area contributed by atoms with Gasteiger partial charge in [0, 0.05) is 13.1 Å². The first-order chi connectivity index (χ1) is 8.20. The number of piperidine rings is 1. The lowest BCUT2D eigenvalue weighted by atomic mass is 9.98. The number of aryl methyl sites for hydroxylation is 2. The standard InChI is InChI=1S/C12H21N5/c1-9-10(2)15-16-12(14-9)17-6-4-5-11(8-17)7-13-3/h11,13H,4-8H2,1-3H3. The summed E-state index contributed by atoms with van der Waals surface area (Å²) in [5.74, 6) is 1.48. The van der Waals surface area contributed by atoms with Crippen LogP contribution in [-0.4, -0.2) is 41.9 Å². The fourth-order valence-electron chi connectivity index (χ4n) is 2.28. The minimum Gasteiger partial charge on any atom is -0.339 e. The molecule has 2 heterocycles. The summed E-state index contributed by atoms with van der Waals surface area (Å²) in [6.07, 6.45) is 2.50. The van der Waals surface area contributed by atoms with Gasteiger partial charge in [0.15, 0.2) is 0 Å². The summed E-state index contributed by atoms with van der Waals surface area (Å²) in [5, 5.41) is 11.6. The third-order valence-electron chi connectivity index (χ3n) is 3.38. The van der Waals surface area contributed by atoms with Crippen molar-refractivity contribution in [3.8, 4) is 0 Å². The molecular weight excluding hydrogens is 214 g/mol. The average molecular weight is 235 g/mol. The highest BCUT2D eigenvalue weighted by atomic mass is 15.3. The Morgan fingerprint density at radius 3 is 2.82 bits per heavy atom. The van der Waals surface area contributed by atoms with E-state index in [1.165, 1.54) is 12.8 Å². The van der Waals surface area contributed by atoms with Gasteiger partial charge in [0.25, 0.3) is 0 Å². The zero-order valence-electron chi connectivity index (χ0n) is 10.9. The summed E-state index contributed by atoms with van der Waals surface area (Å²) in [7, 11) is 2.01. The van der Waals surface area contributed by atoms with Crippen molar-refractivity contribution in [1.82, 2.24) is 20.5 Å². The molecule has 5 heteroatoms. The first-order valence-electron chi connectivity index (χ1n) is 6.28. The van der Waals surface area contributed by atoms with Gasteiger partial charge in [0.2, 0.25) is 5.95 Å². The lowest BCUT2D eigenvalue weighted by Gasteiger charge is -2.32. The molecule has 0 aliphatic carbocycles. The van der Waals surface area contributed by atoms with Gasteiger partial charge >= 0.3 is 0 Å². The molecule has 94 valence electrons. The lowest BCUT2D eigenvalue weighted by Crippen LogP contribution is -2.40. The Kier molecular flexibility index (Phi) is 3.89. The minimum atomic E-state index is 0.693. The van der Waals surface area contributed by atoms with Crippen molar-refractivity contribution < 1.29 is 0 Å². The van der Waals surface area contributed by atoms with Crippen LogP contribution >= 0.6 is 0 Å². The van der Waals surface area contributed by atoms with Crippen LogP contribution in [0, 0.1) is 19.8 Å². The van der Waals surface area contributed by atoms with Crippen LogP contribution in [0.25, 0.3) is 0 Å². The first-order valence-corrected chi connectivity index (χ1v) is 6.28. The second-order valence-electron chi connectivity index (χ2n) is 4.79. The van der Waals surface area contributed by atoms with Gasteiger partial charge in [0.05, 0.1) is 11.4 Å². The van der Waals surface area contributed by atoms with Gasteiger partial charge in [-0.15, -0.1) is 5.10 Å². The summed E-state index contributed by atoms with van der Waals surface area (Å²) >= 11 is 0. The van der Waals surface area contributed by atoms with Crippen LogP contribution in [-0.2, 0) is 0 Å². The number of nitrogens with zero attached hydrogens (tertiary/aromatic N) is 4. The van der Waals surface area contributed by atoms with Crippen molar-refractivity contribution in [2.24, 2.45) is 5.92 Å². The van der Waals surface area contributed by atoms with E-state index in [1.807, 2.05) is 20.9 Å². The number of anilines is 1. The largest absolute Gasteiger partial charge is 0.339 e. The van der Waals surface area contributed by atoms with Crippen molar-refractivity contribution in [3.63, 3.8) is 0 Å². The molecule has 0 spiro atoms. The summed E-state index contributed by atoms with van der Waals surface area (Å²) < 4.78 is 0. The maximum absolute atomic E-state index is 4.52. The van der Waals surface area contributed by atoms with Crippen molar-refractivity contribution >= 4 is 5.95 Å². The van der Waals surface area contributed by atoms with Gasteiger partial charge in [-0.1, -0.05) is 0 Å². The molecule has 1 aliphatic rings. The Labute approximate surface area is 103 Å². The molecule has 1 aromatic heterocycles. The van der Waals surface area contributed by atoms with E-state index in [0.717, 1.165) is 37.0 Å². The van der Waals surface area contributed by atoms with E-state index in [0.29, 0.717) is 5.92 Å². The van der Waals surface area contributed by atoms with Crippen LogP contribution in [0.3, 0.4) is 0 Å². The van der Waals surface area contributed by atoms with Gasteiger partial charge in [-0.3, -0.25) is 0 Å². The molecule has 1 atom stereocenters. The Balaban J connectivity index is 2.08.